The third-order valence-electron chi connectivity index (χ3n) is 4.96. The number of halogens is 2. The van der Waals surface area contributed by atoms with Crippen molar-refractivity contribution in [3.05, 3.63) is 53.1 Å². The fourth-order valence-electron chi connectivity index (χ4n) is 3.14. The van der Waals surface area contributed by atoms with E-state index in [1.165, 1.54) is 24.3 Å². The van der Waals surface area contributed by atoms with Crippen molar-refractivity contribution in [3.8, 4) is 5.75 Å². The Morgan fingerprint density at radius 2 is 2.03 bits per heavy atom. The van der Waals surface area contributed by atoms with Crippen molar-refractivity contribution in [1.29, 1.82) is 0 Å². The van der Waals surface area contributed by atoms with E-state index in [0.29, 0.717) is 4.57 Å². The van der Waals surface area contributed by atoms with Gasteiger partial charge >= 0.3 is 19.4 Å². The Labute approximate surface area is 191 Å². The number of para-hydroxylation sites is 1. The van der Waals surface area contributed by atoms with Crippen LogP contribution in [0.3, 0.4) is 0 Å². The number of aliphatic hydroxyl groups excluding tert-OH is 1. The number of nitrogen functional groups attached to an aromatic ring is 1. The minimum Gasteiger partial charge on any atom is -0.480 e. The SMILES string of the molecule is CC(N[P@@](=O)(OC[C@@]1(F)O[C@@H](n2ccc(N)nc2=O)[C@](C)(F)[C@@H]1O)Oc1ccccc1)C(=O)O. The summed E-state index contributed by atoms with van der Waals surface area (Å²) >= 11 is 0. The minimum absolute atomic E-state index is 0.00979. The molecule has 0 spiro atoms. The number of nitrogens with one attached hydrogen (secondary N) is 1. The van der Waals surface area contributed by atoms with E-state index in [0.717, 1.165) is 26.1 Å². The van der Waals surface area contributed by atoms with Gasteiger partial charge in [0.25, 0.3) is 5.85 Å². The predicted molar refractivity (Wildman–Crippen MR) is 113 cm³/mol. The van der Waals surface area contributed by atoms with Crippen molar-refractivity contribution in [2.24, 2.45) is 0 Å². The third kappa shape index (κ3) is 5.26. The van der Waals surface area contributed by atoms with E-state index in [2.05, 4.69) is 10.1 Å². The number of carboxylic acids is 1. The van der Waals surface area contributed by atoms with Crippen LogP contribution in [0.5, 0.6) is 5.75 Å². The molecule has 0 bridgehead atoms. The first kappa shape index (κ1) is 25.7. The number of aliphatic hydroxyl groups is 1. The lowest BCUT2D eigenvalue weighted by atomic mass is 9.97. The number of benzene rings is 1. The number of carbonyl (C=O) groups is 1. The second-order valence-electron chi connectivity index (χ2n) is 7.72. The van der Waals surface area contributed by atoms with Crippen molar-refractivity contribution >= 4 is 19.5 Å². The van der Waals surface area contributed by atoms with Crippen LogP contribution in [0.2, 0.25) is 0 Å². The van der Waals surface area contributed by atoms with E-state index in [1.54, 1.807) is 6.07 Å². The molecule has 0 amide bonds. The second-order valence-corrected chi connectivity index (χ2v) is 9.41. The Balaban J connectivity index is 1.86. The van der Waals surface area contributed by atoms with Crippen molar-refractivity contribution in [1.82, 2.24) is 14.6 Å². The lowest BCUT2D eigenvalue weighted by Crippen LogP contribution is -2.47. The summed E-state index contributed by atoms with van der Waals surface area (Å²) in [5.41, 5.74) is 1.46. The Morgan fingerprint density at radius 1 is 1.38 bits per heavy atom. The molecule has 1 aromatic heterocycles. The third-order valence-corrected chi connectivity index (χ3v) is 6.58. The van der Waals surface area contributed by atoms with Crippen molar-refractivity contribution in [2.75, 3.05) is 12.3 Å². The number of hydrogen-bond donors (Lipinski definition) is 4. The van der Waals surface area contributed by atoms with Gasteiger partial charge in [0, 0.05) is 6.20 Å². The molecule has 186 valence electrons. The number of hydrogen-bond acceptors (Lipinski definition) is 9. The number of aliphatic carboxylic acids is 1. The topological polar surface area (TPSA) is 175 Å². The molecule has 1 aromatic carbocycles. The van der Waals surface area contributed by atoms with E-state index in [1.807, 2.05) is 0 Å². The fourth-order valence-corrected chi connectivity index (χ4v) is 4.65. The molecule has 6 atom stereocenters. The van der Waals surface area contributed by atoms with Gasteiger partial charge in [-0.15, -0.1) is 0 Å². The molecule has 0 aliphatic carbocycles. The molecule has 5 N–H and O–H groups in total. The molecule has 1 aliphatic heterocycles. The number of nitrogens with two attached hydrogens (primary N) is 1. The first-order valence-corrected chi connectivity index (χ1v) is 11.4. The number of ether oxygens (including phenoxy) is 1. The zero-order valence-electron chi connectivity index (χ0n) is 18.0. The number of nitrogens with zero attached hydrogens (tertiary/aromatic N) is 2. The van der Waals surface area contributed by atoms with Crippen molar-refractivity contribution in [2.45, 2.75) is 43.7 Å². The highest BCUT2D eigenvalue weighted by atomic mass is 31.2. The van der Waals surface area contributed by atoms with Gasteiger partial charge in [-0.1, -0.05) is 18.2 Å². The molecule has 1 saturated heterocycles. The maximum absolute atomic E-state index is 15.6. The van der Waals surface area contributed by atoms with Crippen LogP contribution in [-0.2, 0) is 18.6 Å². The van der Waals surface area contributed by atoms with E-state index < -0.39 is 55.9 Å². The van der Waals surface area contributed by atoms with E-state index in [9.17, 15) is 19.3 Å². The predicted octanol–water partition coefficient (Wildman–Crippen LogP) is 1.38. The lowest BCUT2D eigenvalue weighted by Gasteiger charge is -2.27. The molecule has 2 heterocycles. The number of alkyl halides is 2. The van der Waals surface area contributed by atoms with Crippen molar-refractivity contribution < 1.29 is 42.1 Å². The summed E-state index contributed by atoms with van der Waals surface area (Å²) in [7, 11) is -4.60. The average Bonchev–Trinajstić information content (AvgIpc) is 2.93. The maximum atomic E-state index is 15.6. The normalized spacial score (nSPS) is 29.3. The summed E-state index contributed by atoms with van der Waals surface area (Å²) in [5.74, 6) is -4.92. The van der Waals surface area contributed by atoms with Crippen LogP contribution in [0, 0.1) is 0 Å². The van der Waals surface area contributed by atoms with Crippen LogP contribution in [-0.4, -0.2) is 56.0 Å². The average molecular weight is 504 g/mol. The van der Waals surface area contributed by atoms with Gasteiger partial charge in [-0.3, -0.25) is 13.9 Å². The summed E-state index contributed by atoms with van der Waals surface area (Å²) in [6, 6.07) is 7.12. The van der Waals surface area contributed by atoms with Gasteiger partial charge in [0.05, 0.1) is 0 Å². The van der Waals surface area contributed by atoms with E-state index in [-0.39, 0.29) is 11.6 Å². The van der Waals surface area contributed by atoms with Crippen LogP contribution in [0.1, 0.15) is 20.1 Å². The summed E-state index contributed by atoms with van der Waals surface area (Å²) < 4.78 is 60.0. The van der Waals surface area contributed by atoms with Crippen LogP contribution in [0.4, 0.5) is 14.6 Å². The highest BCUT2D eigenvalue weighted by molar-refractivity contribution is 7.52. The molecular formula is C19H23F2N4O8P. The molecule has 3 rings (SSSR count). The zero-order chi connectivity index (χ0) is 25.3. The number of rotatable bonds is 9. The molecule has 34 heavy (non-hydrogen) atoms. The number of anilines is 1. The highest BCUT2D eigenvalue weighted by Gasteiger charge is 2.65. The number of carboxylic acid groups (broad SMARTS) is 1. The molecule has 1 aliphatic rings. The molecule has 0 radical (unpaired) electrons. The largest absolute Gasteiger partial charge is 0.480 e. The first-order chi connectivity index (χ1) is 15.8. The summed E-state index contributed by atoms with van der Waals surface area (Å²) in [5, 5.41) is 21.6. The van der Waals surface area contributed by atoms with Crippen LogP contribution < -0.4 is 21.0 Å². The van der Waals surface area contributed by atoms with Crippen LogP contribution in [0.25, 0.3) is 0 Å². The van der Waals surface area contributed by atoms with Crippen LogP contribution in [0.15, 0.2) is 47.4 Å². The summed E-state index contributed by atoms with van der Waals surface area (Å²) in [6.45, 7) is 0.566. The Bertz CT molecular complexity index is 1150. The van der Waals surface area contributed by atoms with Gasteiger partial charge in [-0.2, -0.15) is 10.1 Å². The maximum Gasteiger partial charge on any atom is 0.459 e. The van der Waals surface area contributed by atoms with Gasteiger partial charge in [-0.05, 0) is 32.0 Å². The molecule has 12 nitrogen and oxygen atoms in total. The highest BCUT2D eigenvalue weighted by Crippen LogP contribution is 2.51. The lowest BCUT2D eigenvalue weighted by molar-refractivity contribution is -0.203. The van der Waals surface area contributed by atoms with Gasteiger partial charge < -0.3 is 25.2 Å². The molecular weight excluding hydrogens is 481 g/mol. The van der Waals surface area contributed by atoms with Gasteiger partial charge in [0.2, 0.25) is 0 Å². The summed E-state index contributed by atoms with van der Waals surface area (Å²) in [4.78, 5) is 26.7. The van der Waals surface area contributed by atoms with Gasteiger partial charge in [0.15, 0.2) is 18.0 Å². The van der Waals surface area contributed by atoms with Crippen molar-refractivity contribution in [3.63, 3.8) is 0 Å². The van der Waals surface area contributed by atoms with Crippen LogP contribution >= 0.6 is 7.75 Å². The van der Waals surface area contributed by atoms with E-state index in [4.69, 9.17) is 24.6 Å². The van der Waals surface area contributed by atoms with Gasteiger partial charge in [0.1, 0.15) is 24.2 Å². The standard InChI is InChI=1S/C19H23F2N4O8P/c1-11(14(26)27)24-34(30,33-12-6-4-3-5-7-12)31-10-19(21)15(28)18(2,20)16(32-19)25-9-8-13(22)23-17(25)29/h3-9,11,15-16,28H,10H2,1-2H3,(H,24,30)(H,26,27)(H2,22,23,29)/t11?,15-,16+,18+,19+,34+/m0/s1. The molecule has 1 unspecified atom stereocenters. The monoisotopic (exact) mass is 504 g/mol. The van der Waals surface area contributed by atoms with Gasteiger partial charge in [-0.25, -0.2) is 18.1 Å². The second kappa shape index (κ2) is 9.39. The first-order valence-electron chi connectivity index (χ1n) is 9.85. The Morgan fingerprint density at radius 3 is 2.62 bits per heavy atom. The zero-order valence-corrected chi connectivity index (χ0v) is 18.9. The Hall–Kier alpha value is -2.90. The molecule has 1 fully saturated rings. The number of aromatic nitrogens is 2. The quantitative estimate of drug-likeness (QED) is 0.363. The molecule has 0 saturated carbocycles. The molecule has 2 aromatic rings. The van der Waals surface area contributed by atoms with E-state index >= 15 is 8.78 Å². The summed E-state index contributed by atoms with van der Waals surface area (Å²) in [6.07, 6.45) is -3.50. The minimum atomic E-state index is -4.60. The fraction of sp³-hybridized carbons (Fsp3) is 0.421. The smallest absolute Gasteiger partial charge is 0.459 e. The molecule has 15 heteroatoms. The Kier molecular flexibility index (Phi) is 7.10.